The van der Waals surface area contributed by atoms with Crippen molar-refractivity contribution in [3.05, 3.63) is 64.1 Å². The van der Waals surface area contributed by atoms with Crippen LogP contribution < -0.4 is 5.73 Å². The zero-order chi connectivity index (χ0) is 22.9. The maximum Gasteiger partial charge on any atom is 0.234 e. The Hall–Kier alpha value is -3.44. The van der Waals surface area contributed by atoms with Crippen molar-refractivity contribution >= 4 is 23.2 Å². The molecule has 3 aromatic rings. The normalized spacial score (nSPS) is 20.8. The number of nitrogens with two attached hydrogens (primary N) is 1. The van der Waals surface area contributed by atoms with Crippen LogP contribution in [0.5, 0.6) is 0 Å². The number of nitrogens with zero attached hydrogens (tertiary/aromatic N) is 5. The number of carbonyl (C=O) groups excluding carboxylic acids is 1. The topological polar surface area (TPSA) is 100 Å². The van der Waals surface area contributed by atoms with Crippen molar-refractivity contribution in [2.24, 2.45) is 23.7 Å². The summed E-state index contributed by atoms with van der Waals surface area (Å²) >= 11 is 1.58. The fourth-order valence-electron chi connectivity index (χ4n) is 4.24. The monoisotopic (exact) mass is 446 g/mol. The van der Waals surface area contributed by atoms with Crippen molar-refractivity contribution in [2.75, 3.05) is 7.05 Å². The third-order valence-electron chi connectivity index (χ3n) is 6.14. The first kappa shape index (κ1) is 21.8. The molecule has 4 rings (SSSR count). The molecule has 1 aliphatic rings. The number of nitriles is 1. The van der Waals surface area contributed by atoms with E-state index in [0.29, 0.717) is 12.0 Å². The minimum atomic E-state index is -0.738. The summed E-state index contributed by atoms with van der Waals surface area (Å²) in [5.74, 6) is -0.0801. The summed E-state index contributed by atoms with van der Waals surface area (Å²) in [7, 11) is 3.58. The zero-order valence-electron chi connectivity index (χ0n) is 18.4. The van der Waals surface area contributed by atoms with Gasteiger partial charge in [-0.1, -0.05) is 12.1 Å². The minimum Gasteiger partial charge on any atom is -0.369 e. The first-order chi connectivity index (χ1) is 15.3. The number of aromatic nitrogens is 2. The molecule has 0 saturated carbocycles. The molecular formula is C24H26N6OS. The lowest BCUT2D eigenvalue weighted by molar-refractivity contribution is -0.134. The number of guanidine groups is 1. The van der Waals surface area contributed by atoms with E-state index >= 15 is 0 Å². The fraction of sp³-hybridized carbons (Fsp3) is 0.333. The summed E-state index contributed by atoms with van der Waals surface area (Å²) in [5, 5.41) is 15.5. The third-order valence-corrected chi connectivity index (χ3v) is 7.29. The van der Waals surface area contributed by atoms with Gasteiger partial charge >= 0.3 is 0 Å². The Morgan fingerprint density at radius 2 is 2.09 bits per heavy atom. The summed E-state index contributed by atoms with van der Waals surface area (Å²) in [6, 6.07) is 11.8. The Kier molecular flexibility index (Phi) is 5.85. The molecule has 8 heteroatoms. The number of rotatable bonds is 6. The second-order valence-corrected chi connectivity index (χ2v) is 9.29. The largest absolute Gasteiger partial charge is 0.369 e. The van der Waals surface area contributed by atoms with Crippen LogP contribution in [-0.2, 0) is 23.8 Å². The number of aryl methyl sites for hydroxylation is 2. The quantitative estimate of drug-likeness (QED) is 0.624. The van der Waals surface area contributed by atoms with Gasteiger partial charge in [-0.15, -0.1) is 11.3 Å². The molecule has 7 nitrogen and oxygen atoms in total. The van der Waals surface area contributed by atoms with E-state index in [4.69, 9.17) is 10.7 Å². The number of amides is 1. The van der Waals surface area contributed by atoms with Gasteiger partial charge in [-0.05, 0) is 66.5 Å². The van der Waals surface area contributed by atoms with Crippen LogP contribution in [0.2, 0.25) is 0 Å². The lowest BCUT2D eigenvalue weighted by Crippen LogP contribution is -2.53. The summed E-state index contributed by atoms with van der Waals surface area (Å²) in [6.45, 7) is 2.00. The van der Waals surface area contributed by atoms with Crippen LogP contribution in [0.25, 0.3) is 11.1 Å². The molecule has 1 unspecified atom stereocenters. The lowest BCUT2D eigenvalue weighted by Gasteiger charge is -2.40. The summed E-state index contributed by atoms with van der Waals surface area (Å²) < 4.78 is 1.79. The second kappa shape index (κ2) is 8.60. The van der Waals surface area contributed by atoms with E-state index in [9.17, 15) is 10.1 Å². The predicted molar refractivity (Wildman–Crippen MR) is 126 cm³/mol. The van der Waals surface area contributed by atoms with E-state index < -0.39 is 5.54 Å². The van der Waals surface area contributed by atoms with Crippen LogP contribution in [0.1, 0.15) is 35.8 Å². The third kappa shape index (κ3) is 4.04. The average molecular weight is 447 g/mol. The molecule has 0 saturated heterocycles. The fourth-order valence-corrected chi connectivity index (χ4v) is 5.32. The maximum atomic E-state index is 13.2. The van der Waals surface area contributed by atoms with Crippen LogP contribution in [-0.4, -0.2) is 33.6 Å². The van der Waals surface area contributed by atoms with Crippen LogP contribution in [0.4, 0.5) is 0 Å². The standard InChI is InChI=1S/C24H26N6OS/c1-24(21-11-19(15-32-21)18-8-4-6-16(10-18)12-25)20(22(31)30(3)23(26)28-24)9-5-7-17-13-27-29(2)14-17/h4,6,8,10-11,13-15,20H,5,7,9H2,1-3H3,(H2,26,28)/t20?,24-/m0/s1. The van der Waals surface area contributed by atoms with Crippen LogP contribution in [0.15, 0.2) is 53.1 Å². The molecule has 2 aromatic heterocycles. The molecule has 3 heterocycles. The maximum absolute atomic E-state index is 13.2. The van der Waals surface area contributed by atoms with E-state index in [2.05, 4.69) is 22.6 Å². The van der Waals surface area contributed by atoms with Crippen molar-refractivity contribution in [1.82, 2.24) is 14.7 Å². The van der Waals surface area contributed by atoms with E-state index in [-0.39, 0.29) is 17.8 Å². The highest BCUT2D eigenvalue weighted by Crippen LogP contribution is 2.44. The van der Waals surface area contributed by atoms with Crippen LogP contribution in [0, 0.1) is 17.2 Å². The van der Waals surface area contributed by atoms with Crippen molar-refractivity contribution in [3.63, 3.8) is 0 Å². The minimum absolute atomic E-state index is 0.00684. The van der Waals surface area contributed by atoms with Gasteiger partial charge < -0.3 is 5.73 Å². The zero-order valence-corrected chi connectivity index (χ0v) is 19.3. The van der Waals surface area contributed by atoms with Gasteiger partial charge in [0.2, 0.25) is 5.91 Å². The molecule has 0 fully saturated rings. The molecule has 32 heavy (non-hydrogen) atoms. The highest BCUT2D eigenvalue weighted by Gasteiger charge is 2.46. The van der Waals surface area contributed by atoms with Gasteiger partial charge in [0.1, 0.15) is 5.54 Å². The lowest BCUT2D eigenvalue weighted by atomic mass is 9.78. The van der Waals surface area contributed by atoms with E-state index in [1.807, 2.05) is 44.6 Å². The summed E-state index contributed by atoms with van der Waals surface area (Å²) in [5.41, 5.74) is 9.15. The number of carbonyl (C=O) groups is 1. The SMILES string of the molecule is CN1C(=O)C(CCCc2cnn(C)c2)[C@@](C)(c2cc(-c3cccc(C#N)c3)cs2)N=C1N. The number of benzene rings is 1. The van der Waals surface area contributed by atoms with Crippen LogP contribution in [0.3, 0.4) is 0 Å². The highest BCUT2D eigenvalue weighted by molar-refractivity contribution is 7.10. The van der Waals surface area contributed by atoms with Gasteiger partial charge in [-0.25, -0.2) is 4.99 Å². The molecule has 2 atom stereocenters. The van der Waals surface area contributed by atoms with Gasteiger partial charge in [0, 0.05) is 25.2 Å². The molecule has 1 aromatic carbocycles. The van der Waals surface area contributed by atoms with Gasteiger partial charge in [0.25, 0.3) is 0 Å². The predicted octanol–water partition coefficient (Wildman–Crippen LogP) is 3.66. The molecule has 0 spiro atoms. The Morgan fingerprint density at radius 1 is 1.28 bits per heavy atom. The number of hydrogen-bond acceptors (Lipinski definition) is 6. The average Bonchev–Trinajstić information content (AvgIpc) is 3.44. The molecule has 164 valence electrons. The van der Waals surface area contributed by atoms with E-state index in [1.54, 1.807) is 29.1 Å². The van der Waals surface area contributed by atoms with E-state index in [0.717, 1.165) is 34.4 Å². The molecule has 0 aliphatic carbocycles. The molecule has 1 amide bonds. The summed E-state index contributed by atoms with van der Waals surface area (Å²) in [4.78, 5) is 20.5. The Balaban J connectivity index is 1.63. The second-order valence-electron chi connectivity index (χ2n) is 8.37. The van der Waals surface area contributed by atoms with Gasteiger partial charge in [-0.2, -0.15) is 10.4 Å². The first-order valence-electron chi connectivity index (χ1n) is 10.5. The van der Waals surface area contributed by atoms with Crippen molar-refractivity contribution < 1.29 is 4.79 Å². The number of thiophene rings is 1. The Morgan fingerprint density at radius 3 is 2.81 bits per heavy atom. The molecular weight excluding hydrogens is 420 g/mol. The van der Waals surface area contributed by atoms with Crippen LogP contribution >= 0.6 is 11.3 Å². The van der Waals surface area contributed by atoms with Gasteiger partial charge in [0.15, 0.2) is 5.96 Å². The molecule has 1 aliphatic heterocycles. The van der Waals surface area contributed by atoms with Crippen molar-refractivity contribution in [3.8, 4) is 17.2 Å². The highest BCUT2D eigenvalue weighted by atomic mass is 32.1. The van der Waals surface area contributed by atoms with Gasteiger partial charge in [0.05, 0.1) is 23.7 Å². The van der Waals surface area contributed by atoms with E-state index in [1.165, 1.54) is 4.90 Å². The Bertz CT molecular complexity index is 1220. The first-order valence-corrected chi connectivity index (χ1v) is 11.4. The molecule has 0 radical (unpaired) electrons. The Labute approximate surface area is 191 Å². The van der Waals surface area contributed by atoms with Crippen molar-refractivity contribution in [2.45, 2.75) is 31.7 Å². The molecule has 2 N–H and O–H groups in total. The molecule has 0 bridgehead atoms. The van der Waals surface area contributed by atoms with Gasteiger partial charge in [-0.3, -0.25) is 14.4 Å². The summed E-state index contributed by atoms with van der Waals surface area (Å²) in [6.07, 6.45) is 6.27. The number of hydrogen-bond donors (Lipinski definition) is 1. The number of aliphatic imine (C=N–C) groups is 1. The smallest absolute Gasteiger partial charge is 0.234 e. The van der Waals surface area contributed by atoms with Crippen molar-refractivity contribution in [1.29, 1.82) is 5.26 Å².